The first kappa shape index (κ1) is 8.12. The lowest BCUT2D eigenvalue weighted by atomic mass is 10.2. The van der Waals surface area contributed by atoms with Crippen molar-refractivity contribution in [1.29, 1.82) is 0 Å². The molecule has 1 aromatic carbocycles. The van der Waals surface area contributed by atoms with Gasteiger partial charge in [-0.3, -0.25) is 0 Å². The minimum atomic E-state index is 0.467. The second-order valence-corrected chi connectivity index (χ2v) is 3.19. The predicted molar refractivity (Wildman–Crippen MR) is 49.0 cm³/mol. The van der Waals surface area contributed by atoms with Gasteiger partial charge in [0.25, 0.3) is 0 Å². The molecule has 0 saturated heterocycles. The monoisotopic (exact) mass is 193 g/mol. The zero-order valence-corrected chi connectivity index (χ0v) is 7.78. The molecule has 0 aliphatic rings. The van der Waals surface area contributed by atoms with E-state index in [9.17, 15) is 0 Å². The number of rotatable bonds is 2. The fourth-order valence-electron chi connectivity index (χ4n) is 0.930. The van der Waals surface area contributed by atoms with E-state index in [4.69, 9.17) is 4.74 Å². The minimum Gasteiger partial charge on any atom is -0.428 e. The molecule has 66 valence electrons. The number of aromatic nitrogens is 3. The number of nitrogens with zero attached hydrogens (tertiary/aromatic N) is 3. The van der Waals surface area contributed by atoms with Gasteiger partial charge in [0, 0.05) is 11.5 Å². The second-order valence-electron chi connectivity index (χ2n) is 2.50. The molecule has 0 saturated carbocycles. The summed E-state index contributed by atoms with van der Waals surface area (Å²) in [7, 11) is 0. The van der Waals surface area contributed by atoms with Crippen LogP contribution in [-0.2, 0) is 0 Å². The van der Waals surface area contributed by atoms with Gasteiger partial charge < -0.3 is 4.74 Å². The summed E-state index contributed by atoms with van der Waals surface area (Å²) in [5.74, 6) is 0.793. The van der Waals surface area contributed by atoms with Gasteiger partial charge in [-0.05, 0) is 23.8 Å². The Bertz CT molecular complexity index is 388. The minimum absolute atomic E-state index is 0.467. The van der Waals surface area contributed by atoms with Gasteiger partial charge in [-0.15, -0.1) is 0 Å². The maximum atomic E-state index is 5.43. The van der Waals surface area contributed by atoms with Gasteiger partial charge in [0.15, 0.2) is 0 Å². The van der Waals surface area contributed by atoms with E-state index in [0.29, 0.717) is 5.19 Å². The number of benzene rings is 1. The van der Waals surface area contributed by atoms with Crippen LogP contribution in [0.15, 0.2) is 24.3 Å². The van der Waals surface area contributed by atoms with E-state index in [1.54, 1.807) is 0 Å². The highest BCUT2D eigenvalue weighted by Crippen LogP contribution is 2.23. The summed E-state index contributed by atoms with van der Waals surface area (Å²) in [4.78, 5) is 0. The molecule has 0 aliphatic heterocycles. The summed E-state index contributed by atoms with van der Waals surface area (Å²) < 4.78 is 9.04. The third-order valence-electron chi connectivity index (χ3n) is 1.57. The molecule has 0 amide bonds. The van der Waals surface area contributed by atoms with Crippen molar-refractivity contribution in [3.63, 3.8) is 0 Å². The second kappa shape index (κ2) is 3.49. The van der Waals surface area contributed by atoms with Gasteiger partial charge in [-0.1, -0.05) is 27.8 Å². The average Bonchev–Trinajstić information content (AvgIpc) is 2.61. The zero-order valence-electron chi connectivity index (χ0n) is 6.97. The summed E-state index contributed by atoms with van der Waals surface area (Å²) >= 11 is 1.13. The topological polar surface area (TPSA) is 47.9 Å². The molecule has 0 unspecified atom stereocenters. The number of para-hydroxylation sites is 1. The lowest BCUT2D eigenvalue weighted by Crippen LogP contribution is -1.85. The van der Waals surface area contributed by atoms with Gasteiger partial charge in [-0.25, -0.2) is 0 Å². The van der Waals surface area contributed by atoms with Gasteiger partial charge >= 0.3 is 5.19 Å². The molecule has 0 fully saturated rings. The van der Waals surface area contributed by atoms with Crippen molar-refractivity contribution in [3.8, 4) is 10.9 Å². The molecular weight excluding hydrogens is 186 g/mol. The maximum Gasteiger partial charge on any atom is 0.319 e. The van der Waals surface area contributed by atoms with E-state index in [2.05, 4.69) is 14.8 Å². The molecule has 5 heteroatoms. The molecule has 2 rings (SSSR count). The summed E-state index contributed by atoms with van der Waals surface area (Å²) in [5, 5.41) is 7.60. The normalized spacial score (nSPS) is 9.92. The number of ether oxygens (including phenoxy) is 1. The fourth-order valence-corrected chi connectivity index (χ4v) is 1.27. The van der Waals surface area contributed by atoms with Crippen molar-refractivity contribution in [2.45, 2.75) is 6.92 Å². The van der Waals surface area contributed by atoms with Crippen molar-refractivity contribution in [1.82, 2.24) is 14.8 Å². The number of hydrogen-bond donors (Lipinski definition) is 0. The van der Waals surface area contributed by atoms with E-state index >= 15 is 0 Å². The molecule has 0 atom stereocenters. The van der Waals surface area contributed by atoms with E-state index < -0.39 is 0 Å². The highest BCUT2D eigenvalue weighted by molar-refractivity contribution is 7.07. The first-order chi connectivity index (χ1) is 6.36. The van der Waals surface area contributed by atoms with Crippen molar-refractivity contribution >= 4 is 11.5 Å². The van der Waals surface area contributed by atoms with E-state index in [1.165, 1.54) is 0 Å². The smallest absolute Gasteiger partial charge is 0.319 e. The molecule has 13 heavy (non-hydrogen) atoms. The fraction of sp³-hybridized carbons (Fsp3) is 0.125. The summed E-state index contributed by atoms with van der Waals surface area (Å²) in [5.41, 5.74) is 1.07. The molecule has 1 heterocycles. The Morgan fingerprint density at radius 1 is 1.31 bits per heavy atom. The third kappa shape index (κ3) is 1.81. The Hall–Kier alpha value is -1.49. The Morgan fingerprint density at radius 3 is 2.85 bits per heavy atom. The van der Waals surface area contributed by atoms with Crippen molar-refractivity contribution in [3.05, 3.63) is 29.8 Å². The van der Waals surface area contributed by atoms with Crippen LogP contribution in [0.1, 0.15) is 5.56 Å². The summed E-state index contributed by atoms with van der Waals surface area (Å²) in [6.45, 7) is 1.98. The van der Waals surface area contributed by atoms with Crippen LogP contribution in [0.3, 0.4) is 0 Å². The van der Waals surface area contributed by atoms with Crippen LogP contribution in [0.25, 0.3) is 0 Å². The van der Waals surface area contributed by atoms with Crippen molar-refractivity contribution in [2.75, 3.05) is 0 Å². The van der Waals surface area contributed by atoms with E-state index in [1.807, 2.05) is 31.2 Å². The van der Waals surface area contributed by atoms with Crippen LogP contribution < -0.4 is 4.74 Å². The van der Waals surface area contributed by atoms with E-state index in [0.717, 1.165) is 22.8 Å². The first-order valence-corrected chi connectivity index (χ1v) is 4.52. The number of hydrogen-bond acceptors (Lipinski definition) is 5. The van der Waals surface area contributed by atoms with Gasteiger partial charge in [0.1, 0.15) is 5.75 Å². The van der Waals surface area contributed by atoms with Gasteiger partial charge in [0.05, 0.1) is 0 Å². The molecule has 0 aliphatic carbocycles. The Balaban J connectivity index is 2.24. The van der Waals surface area contributed by atoms with Crippen LogP contribution in [0.5, 0.6) is 10.9 Å². The lowest BCUT2D eigenvalue weighted by molar-refractivity contribution is 0.469. The summed E-state index contributed by atoms with van der Waals surface area (Å²) in [6.07, 6.45) is 0. The molecule has 0 radical (unpaired) electrons. The molecule has 2 aromatic rings. The lowest BCUT2D eigenvalue weighted by Gasteiger charge is -2.02. The quantitative estimate of drug-likeness (QED) is 0.732. The predicted octanol–water partition coefficient (Wildman–Crippen LogP) is 2.03. The molecule has 0 bridgehead atoms. The van der Waals surface area contributed by atoms with Gasteiger partial charge in [0.2, 0.25) is 0 Å². The van der Waals surface area contributed by atoms with Gasteiger partial charge in [-0.2, -0.15) is 0 Å². The molecule has 1 aromatic heterocycles. The van der Waals surface area contributed by atoms with Crippen LogP contribution in [0.4, 0.5) is 0 Å². The Morgan fingerprint density at radius 2 is 2.15 bits per heavy atom. The maximum absolute atomic E-state index is 5.43. The highest BCUT2D eigenvalue weighted by Gasteiger charge is 2.02. The largest absolute Gasteiger partial charge is 0.428 e. The molecule has 4 nitrogen and oxygen atoms in total. The Labute approximate surface area is 79.3 Å². The molecular formula is C8H7N3OS. The van der Waals surface area contributed by atoms with Crippen LogP contribution in [0, 0.1) is 6.92 Å². The first-order valence-electron chi connectivity index (χ1n) is 3.75. The SMILES string of the molecule is Cc1ccccc1Oc1nnns1. The van der Waals surface area contributed by atoms with E-state index in [-0.39, 0.29) is 0 Å². The molecule has 0 spiro atoms. The molecule has 0 N–H and O–H groups in total. The van der Waals surface area contributed by atoms with Crippen molar-refractivity contribution in [2.24, 2.45) is 0 Å². The number of aryl methyl sites for hydroxylation is 1. The van der Waals surface area contributed by atoms with Crippen LogP contribution in [-0.4, -0.2) is 14.8 Å². The summed E-state index contributed by atoms with van der Waals surface area (Å²) in [6, 6.07) is 7.73. The highest BCUT2D eigenvalue weighted by atomic mass is 32.1. The van der Waals surface area contributed by atoms with Crippen LogP contribution in [0.2, 0.25) is 0 Å². The third-order valence-corrected chi connectivity index (χ3v) is 2.05. The van der Waals surface area contributed by atoms with Crippen molar-refractivity contribution < 1.29 is 4.74 Å². The Kier molecular flexibility index (Phi) is 2.18. The standard InChI is InChI=1S/C8H7N3OS/c1-6-4-2-3-5-7(6)12-8-9-10-11-13-8/h2-5H,1H3. The van der Waals surface area contributed by atoms with Crippen LogP contribution >= 0.6 is 11.5 Å². The average molecular weight is 193 g/mol. The zero-order chi connectivity index (χ0) is 9.10.